The van der Waals surface area contributed by atoms with Gasteiger partial charge in [0.05, 0.1) is 6.61 Å². The van der Waals surface area contributed by atoms with Gasteiger partial charge in [0.15, 0.2) is 0 Å². The molecule has 0 radical (unpaired) electrons. The maximum atomic E-state index is 5.93. The van der Waals surface area contributed by atoms with Gasteiger partial charge in [0.25, 0.3) is 0 Å². The number of rotatable bonds is 5. The summed E-state index contributed by atoms with van der Waals surface area (Å²) in [6.07, 6.45) is 1.02. The Labute approximate surface area is 117 Å². The van der Waals surface area contributed by atoms with E-state index in [2.05, 4.69) is 65.3 Å². The summed E-state index contributed by atoms with van der Waals surface area (Å²) in [6.45, 7) is 2.84. The van der Waals surface area contributed by atoms with Gasteiger partial charge in [0.1, 0.15) is 5.75 Å². The summed E-state index contributed by atoms with van der Waals surface area (Å²) in [5.74, 6) is 1.00. The lowest BCUT2D eigenvalue weighted by Crippen LogP contribution is -2.00. The molecule has 0 amide bonds. The number of ether oxygens (including phenoxy) is 1. The SMILES string of the molecule is Cc1cccc(-c2ccccc2)c1OCCCBr. The molecule has 2 aromatic carbocycles. The van der Waals surface area contributed by atoms with E-state index in [4.69, 9.17) is 4.74 Å². The number of aryl methyl sites for hydroxylation is 1. The van der Waals surface area contributed by atoms with Crippen LogP contribution in [0.5, 0.6) is 5.75 Å². The van der Waals surface area contributed by atoms with E-state index in [1.807, 2.05) is 6.07 Å². The fourth-order valence-electron chi connectivity index (χ4n) is 1.92. The van der Waals surface area contributed by atoms with Crippen molar-refractivity contribution in [2.75, 3.05) is 11.9 Å². The molecule has 0 saturated carbocycles. The molecule has 0 fully saturated rings. The Morgan fingerprint density at radius 2 is 1.78 bits per heavy atom. The fraction of sp³-hybridized carbons (Fsp3) is 0.250. The van der Waals surface area contributed by atoms with Gasteiger partial charge in [-0.05, 0) is 24.5 Å². The van der Waals surface area contributed by atoms with Gasteiger partial charge in [-0.3, -0.25) is 0 Å². The normalized spacial score (nSPS) is 10.3. The number of halogens is 1. The van der Waals surface area contributed by atoms with Crippen LogP contribution in [-0.4, -0.2) is 11.9 Å². The lowest BCUT2D eigenvalue weighted by Gasteiger charge is -2.14. The second kappa shape index (κ2) is 6.60. The maximum Gasteiger partial charge on any atom is 0.130 e. The minimum Gasteiger partial charge on any atom is -0.493 e. The maximum absolute atomic E-state index is 5.93. The summed E-state index contributed by atoms with van der Waals surface area (Å²) < 4.78 is 5.93. The van der Waals surface area contributed by atoms with Crippen LogP contribution in [0.2, 0.25) is 0 Å². The average molecular weight is 305 g/mol. The van der Waals surface area contributed by atoms with Crippen LogP contribution in [-0.2, 0) is 0 Å². The molecule has 2 heteroatoms. The van der Waals surface area contributed by atoms with Gasteiger partial charge in [-0.25, -0.2) is 0 Å². The van der Waals surface area contributed by atoms with Crippen molar-refractivity contribution >= 4 is 15.9 Å². The molecule has 0 saturated heterocycles. The molecule has 0 aliphatic rings. The predicted octanol–water partition coefficient (Wildman–Crippen LogP) is 4.83. The number of hydrogen-bond acceptors (Lipinski definition) is 1. The Kier molecular flexibility index (Phi) is 4.82. The molecule has 0 unspecified atom stereocenters. The second-order valence-electron chi connectivity index (χ2n) is 4.21. The minimum absolute atomic E-state index is 0.746. The van der Waals surface area contributed by atoms with Crippen molar-refractivity contribution in [1.82, 2.24) is 0 Å². The van der Waals surface area contributed by atoms with Crippen LogP contribution in [0.25, 0.3) is 11.1 Å². The Morgan fingerprint density at radius 1 is 1.00 bits per heavy atom. The number of benzene rings is 2. The van der Waals surface area contributed by atoms with Crippen LogP contribution in [0.15, 0.2) is 48.5 Å². The minimum atomic E-state index is 0.746. The zero-order valence-corrected chi connectivity index (χ0v) is 12.1. The van der Waals surface area contributed by atoms with E-state index in [0.29, 0.717) is 0 Å². The summed E-state index contributed by atoms with van der Waals surface area (Å²) >= 11 is 3.42. The summed E-state index contributed by atoms with van der Waals surface area (Å²) in [5, 5.41) is 0.972. The monoisotopic (exact) mass is 304 g/mol. The zero-order valence-electron chi connectivity index (χ0n) is 10.5. The Balaban J connectivity index is 2.32. The van der Waals surface area contributed by atoms with E-state index < -0.39 is 0 Å². The first-order valence-corrected chi connectivity index (χ1v) is 7.29. The number of hydrogen-bond donors (Lipinski definition) is 0. The third-order valence-corrected chi connectivity index (χ3v) is 3.38. The Hall–Kier alpha value is -1.28. The van der Waals surface area contributed by atoms with E-state index in [1.54, 1.807) is 0 Å². The second-order valence-corrected chi connectivity index (χ2v) is 5.00. The van der Waals surface area contributed by atoms with Gasteiger partial charge in [-0.15, -0.1) is 0 Å². The van der Waals surface area contributed by atoms with Crippen molar-refractivity contribution < 1.29 is 4.74 Å². The average Bonchev–Trinajstić information content (AvgIpc) is 2.42. The molecule has 0 bridgehead atoms. The highest BCUT2D eigenvalue weighted by atomic mass is 79.9. The van der Waals surface area contributed by atoms with Crippen molar-refractivity contribution in [2.24, 2.45) is 0 Å². The zero-order chi connectivity index (χ0) is 12.8. The summed E-state index contributed by atoms with van der Waals surface area (Å²) in [5.41, 5.74) is 3.56. The lowest BCUT2D eigenvalue weighted by atomic mass is 10.0. The molecule has 0 aliphatic carbocycles. The van der Waals surface area contributed by atoms with Gasteiger partial charge >= 0.3 is 0 Å². The molecule has 0 aliphatic heterocycles. The summed E-state index contributed by atoms with van der Waals surface area (Å²) in [7, 11) is 0. The third-order valence-electron chi connectivity index (χ3n) is 2.82. The van der Waals surface area contributed by atoms with Crippen LogP contribution in [0.3, 0.4) is 0 Å². The molecule has 18 heavy (non-hydrogen) atoms. The predicted molar refractivity (Wildman–Crippen MR) is 80.5 cm³/mol. The molecule has 0 heterocycles. The number of para-hydroxylation sites is 1. The first kappa shape index (κ1) is 13.2. The number of alkyl halides is 1. The smallest absolute Gasteiger partial charge is 0.130 e. The topological polar surface area (TPSA) is 9.23 Å². The molecule has 1 nitrogen and oxygen atoms in total. The fourth-order valence-corrected chi connectivity index (χ4v) is 2.15. The van der Waals surface area contributed by atoms with Gasteiger partial charge in [-0.2, -0.15) is 0 Å². The van der Waals surface area contributed by atoms with Crippen molar-refractivity contribution in [1.29, 1.82) is 0 Å². The molecule has 0 spiro atoms. The molecular formula is C16H17BrO. The van der Waals surface area contributed by atoms with Crippen LogP contribution in [0.1, 0.15) is 12.0 Å². The van der Waals surface area contributed by atoms with Crippen LogP contribution in [0, 0.1) is 6.92 Å². The Bertz CT molecular complexity index is 494. The van der Waals surface area contributed by atoms with Gasteiger partial charge < -0.3 is 4.74 Å². The van der Waals surface area contributed by atoms with Crippen molar-refractivity contribution in [3.05, 3.63) is 54.1 Å². The van der Waals surface area contributed by atoms with Gasteiger partial charge in [0.2, 0.25) is 0 Å². The highest BCUT2D eigenvalue weighted by Crippen LogP contribution is 2.32. The largest absolute Gasteiger partial charge is 0.493 e. The summed E-state index contributed by atoms with van der Waals surface area (Å²) in [4.78, 5) is 0. The standard InChI is InChI=1S/C16H17BrO/c1-13-7-5-10-15(14-8-3-2-4-9-14)16(13)18-12-6-11-17/h2-5,7-10H,6,11-12H2,1H3. The van der Waals surface area contributed by atoms with E-state index in [-0.39, 0.29) is 0 Å². The molecule has 2 aromatic rings. The highest BCUT2D eigenvalue weighted by Gasteiger charge is 2.08. The van der Waals surface area contributed by atoms with E-state index in [9.17, 15) is 0 Å². The molecule has 0 N–H and O–H groups in total. The van der Waals surface area contributed by atoms with Gasteiger partial charge in [-0.1, -0.05) is 64.5 Å². The Morgan fingerprint density at radius 3 is 2.50 bits per heavy atom. The van der Waals surface area contributed by atoms with Crippen LogP contribution >= 0.6 is 15.9 Å². The molecule has 0 atom stereocenters. The van der Waals surface area contributed by atoms with Crippen LogP contribution in [0.4, 0.5) is 0 Å². The molecule has 94 valence electrons. The van der Waals surface area contributed by atoms with Crippen LogP contribution < -0.4 is 4.74 Å². The molecule has 2 rings (SSSR count). The quantitative estimate of drug-likeness (QED) is 0.568. The van der Waals surface area contributed by atoms with E-state index >= 15 is 0 Å². The van der Waals surface area contributed by atoms with Gasteiger partial charge in [0, 0.05) is 10.9 Å². The first-order valence-electron chi connectivity index (χ1n) is 6.16. The van der Waals surface area contributed by atoms with Crippen molar-refractivity contribution in [3.63, 3.8) is 0 Å². The van der Waals surface area contributed by atoms with E-state index in [1.165, 1.54) is 16.7 Å². The lowest BCUT2D eigenvalue weighted by molar-refractivity contribution is 0.318. The molecular weight excluding hydrogens is 288 g/mol. The van der Waals surface area contributed by atoms with E-state index in [0.717, 1.165) is 24.1 Å². The third kappa shape index (κ3) is 3.14. The first-order chi connectivity index (χ1) is 8.83. The van der Waals surface area contributed by atoms with Crippen molar-refractivity contribution in [3.8, 4) is 16.9 Å². The summed E-state index contributed by atoms with van der Waals surface area (Å²) in [6, 6.07) is 16.7. The van der Waals surface area contributed by atoms with Crippen molar-refractivity contribution in [2.45, 2.75) is 13.3 Å². The highest BCUT2D eigenvalue weighted by molar-refractivity contribution is 9.09. The molecule has 0 aromatic heterocycles.